The van der Waals surface area contributed by atoms with E-state index in [1.165, 1.54) is 6.07 Å². The maximum absolute atomic E-state index is 13.7. The topological polar surface area (TPSA) is 9.23 Å². The molecule has 2 aromatic carbocycles. The van der Waals surface area contributed by atoms with Gasteiger partial charge in [0, 0.05) is 6.07 Å². The third-order valence-electron chi connectivity index (χ3n) is 2.84. The molecule has 0 heterocycles. The van der Waals surface area contributed by atoms with Gasteiger partial charge in [0.25, 0.3) is 0 Å². The van der Waals surface area contributed by atoms with Crippen LogP contribution in [0.5, 0.6) is 5.75 Å². The molecule has 0 aliphatic carbocycles. The van der Waals surface area contributed by atoms with Crippen LogP contribution >= 0.6 is 0 Å². The smallest absolute Gasteiger partial charge is 0.173 e. The second-order valence-electron chi connectivity index (χ2n) is 4.61. The lowest BCUT2D eigenvalue weighted by molar-refractivity contribution is 0.305. The summed E-state index contributed by atoms with van der Waals surface area (Å²) in [7, 11) is 0. The predicted molar refractivity (Wildman–Crippen MR) is 81.0 cm³/mol. The van der Waals surface area contributed by atoms with E-state index in [0.717, 1.165) is 11.0 Å². The molecule has 0 unspecified atom stereocenters. The van der Waals surface area contributed by atoms with Gasteiger partial charge in [-0.2, -0.15) is 0 Å². The van der Waals surface area contributed by atoms with Gasteiger partial charge in [0.15, 0.2) is 6.71 Å². The molecule has 0 aromatic heterocycles. The van der Waals surface area contributed by atoms with Crippen LogP contribution in [-0.4, -0.2) is 6.71 Å². The average Bonchev–Trinajstić information content (AvgIpc) is 2.37. The lowest BCUT2D eigenvalue weighted by Crippen LogP contribution is -2.25. The fraction of sp³-hybridized carbons (Fsp3) is 0.250. The molecule has 0 saturated carbocycles. The highest BCUT2D eigenvalue weighted by Gasteiger charge is 2.10. The van der Waals surface area contributed by atoms with Crippen LogP contribution in [0.25, 0.3) is 0 Å². The third kappa shape index (κ3) is 4.13. The molecule has 0 N–H and O–H groups in total. The van der Waals surface area contributed by atoms with Crippen molar-refractivity contribution in [1.82, 2.24) is 0 Å². The molecule has 0 fully saturated rings. The molecule has 0 radical (unpaired) electrons. The summed E-state index contributed by atoms with van der Waals surface area (Å²) in [6.07, 6.45) is 0. The van der Waals surface area contributed by atoms with Crippen molar-refractivity contribution >= 4 is 12.2 Å². The summed E-state index contributed by atoms with van der Waals surface area (Å²) in [5, 5.41) is 0. The summed E-state index contributed by atoms with van der Waals surface area (Å²) in [5.41, 5.74) is 1.80. The van der Waals surface area contributed by atoms with E-state index in [2.05, 4.69) is 0 Å². The fourth-order valence-corrected chi connectivity index (χ4v) is 1.81. The van der Waals surface area contributed by atoms with Crippen LogP contribution in [0.4, 0.5) is 4.39 Å². The second kappa shape index (κ2) is 6.98. The van der Waals surface area contributed by atoms with Gasteiger partial charge >= 0.3 is 0 Å². The van der Waals surface area contributed by atoms with Crippen molar-refractivity contribution in [1.29, 1.82) is 0 Å². The zero-order valence-electron chi connectivity index (χ0n) is 10.7. The molecule has 2 aromatic rings. The molecule has 0 aliphatic heterocycles. The first kappa shape index (κ1) is 15.3. The highest BCUT2D eigenvalue weighted by molar-refractivity contribution is 6.70. The Morgan fingerprint density at radius 3 is 2.32 bits per heavy atom. The van der Waals surface area contributed by atoms with E-state index < -0.39 is 0 Å². The van der Waals surface area contributed by atoms with Crippen LogP contribution in [-0.2, 0) is 6.61 Å². The molecule has 1 nitrogen and oxygen atoms in total. The zero-order valence-corrected chi connectivity index (χ0v) is 10.7. The summed E-state index contributed by atoms with van der Waals surface area (Å²) in [5.74, 6) is 0.372. The summed E-state index contributed by atoms with van der Waals surface area (Å²) in [6.45, 7) is 4.60. The molecule has 0 amide bonds. The molecule has 0 saturated heterocycles. The van der Waals surface area contributed by atoms with Gasteiger partial charge in [0.2, 0.25) is 0 Å². The Hall–Kier alpha value is -1.77. The van der Waals surface area contributed by atoms with Gasteiger partial charge in [0.1, 0.15) is 18.2 Å². The highest BCUT2D eigenvalue weighted by atomic mass is 19.1. The van der Waals surface area contributed by atoms with Crippen LogP contribution in [0.3, 0.4) is 0 Å². The average molecular weight is 258 g/mol. The molecule has 100 valence electrons. The van der Waals surface area contributed by atoms with Crippen LogP contribution in [0.2, 0.25) is 13.6 Å². The first-order chi connectivity index (χ1) is 8.66. The Balaban J connectivity index is 0.00000180. The van der Waals surface area contributed by atoms with E-state index in [0.29, 0.717) is 12.4 Å². The molecule has 19 heavy (non-hydrogen) atoms. The Morgan fingerprint density at radius 1 is 1.05 bits per heavy atom. The van der Waals surface area contributed by atoms with Crippen molar-refractivity contribution in [3.63, 3.8) is 0 Å². The van der Waals surface area contributed by atoms with E-state index in [1.54, 1.807) is 6.07 Å². The standard InChI is InChI=1S/C15H16BFO.CH4/c1-16(2)14-9-8-13(10-15(14)17)18-11-12-6-4-3-5-7-12;/h3-10H,11H2,1-2H3;1H4. The summed E-state index contributed by atoms with van der Waals surface area (Å²) in [4.78, 5) is 0. The molecule has 3 heteroatoms. The summed E-state index contributed by atoms with van der Waals surface area (Å²) < 4.78 is 19.3. The van der Waals surface area contributed by atoms with E-state index in [-0.39, 0.29) is 20.0 Å². The SMILES string of the molecule is C.CB(C)c1ccc(OCc2ccccc2)cc1F. The van der Waals surface area contributed by atoms with E-state index in [4.69, 9.17) is 4.74 Å². The number of halogens is 1. The quantitative estimate of drug-likeness (QED) is 0.753. The fourth-order valence-electron chi connectivity index (χ4n) is 1.81. The monoisotopic (exact) mass is 258 g/mol. The summed E-state index contributed by atoms with van der Waals surface area (Å²) in [6, 6.07) is 14.9. The van der Waals surface area contributed by atoms with Crippen molar-refractivity contribution in [3.8, 4) is 5.75 Å². The minimum Gasteiger partial charge on any atom is -0.489 e. The molecular weight excluding hydrogens is 238 g/mol. The summed E-state index contributed by atoms with van der Waals surface area (Å²) >= 11 is 0. The first-order valence-electron chi connectivity index (χ1n) is 6.13. The van der Waals surface area contributed by atoms with E-state index >= 15 is 0 Å². The molecule has 0 atom stereocenters. The molecular formula is C16H20BFO. The Labute approximate surface area is 115 Å². The first-order valence-corrected chi connectivity index (χ1v) is 6.13. The van der Waals surface area contributed by atoms with Crippen molar-refractivity contribution in [2.45, 2.75) is 27.7 Å². The van der Waals surface area contributed by atoms with Crippen LogP contribution in [0, 0.1) is 5.82 Å². The van der Waals surface area contributed by atoms with Crippen molar-refractivity contribution in [3.05, 3.63) is 59.9 Å². The predicted octanol–water partition coefficient (Wildman–Crippen LogP) is 4.00. The zero-order chi connectivity index (χ0) is 13.0. The lowest BCUT2D eigenvalue weighted by Gasteiger charge is -2.09. The largest absolute Gasteiger partial charge is 0.489 e. The maximum atomic E-state index is 13.7. The number of hydrogen-bond acceptors (Lipinski definition) is 1. The van der Waals surface area contributed by atoms with Crippen LogP contribution in [0.1, 0.15) is 13.0 Å². The number of hydrogen-bond donors (Lipinski definition) is 0. The number of benzene rings is 2. The Morgan fingerprint density at radius 2 is 1.74 bits per heavy atom. The molecule has 0 aliphatic rings. The molecule has 2 rings (SSSR count). The van der Waals surface area contributed by atoms with Gasteiger partial charge in [-0.3, -0.25) is 0 Å². The van der Waals surface area contributed by atoms with Gasteiger partial charge in [-0.05, 0) is 17.1 Å². The second-order valence-corrected chi connectivity index (χ2v) is 4.61. The minimum absolute atomic E-state index is 0. The van der Waals surface area contributed by atoms with Crippen molar-refractivity contribution in [2.75, 3.05) is 0 Å². The number of ether oxygens (including phenoxy) is 1. The molecule has 0 bridgehead atoms. The molecule has 0 spiro atoms. The normalized spacial score (nSPS) is 9.63. The third-order valence-corrected chi connectivity index (χ3v) is 2.84. The van der Waals surface area contributed by atoms with Gasteiger partial charge in [-0.25, -0.2) is 4.39 Å². The van der Waals surface area contributed by atoms with E-state index in [1.807, 2.05) is 50.0 Å². The van der Waals surface area contributed by atoms with Crippen molar-refractivity contribution in [2.24, 2.45) is 0 Å². The van der Waals surface area contributed by atoms with Crippen LogP contribution in [0.15, 0.2) is 48.5 Å². The Bertz CT molecular complexity index is 511. The van der Waals surface area contributed by atoms with Gasteiger partial charge in [-0.15, -0.1) is 0 Å². The van der Waals surface area contributed by atoms with Crippen LogP contribution < -0.4 is 10.2 Å². The lowest BCUT2D eigenvalue weighted by atomic mass is 9.49. The van der Waals surface area contributed by atoms with Gasteiger partial charge in [-0.1, -0.05) is 57.5 Å². The Kier molecular flexibility index (Phi) is 5.62. The highest BCUT2D eigenvalue weighted by Crippen LogP contribution is 2.13. The maximum Gasteiger partial charge on any atom is 0.173 e. The number of rotatable bonds is 4. The van der Waals surface area contributed by atoms with Gasteiger partial charge in [0.05, 0.1) is 0 Å². The van der Waals surface area contributed by atoms with E-state index in [9.17, 15) is 4.39 Å². The van der Waals surface area contributed by atoms with Crippen molar-refractivity contribution < 1.29 is 9.13 Å². The van der Waals surface area contributed by atoms with Gasteiger partial charge < -0.3 is 4.74 Å². The minimum atomic E-state index is -0.199.